The summed E-state index contributed by atoms with van der Waals surface area (Å²) in [7, 11) is 0. The highest BCUT2D eigenvalue weighted by atomic mass is 14.2. The molecule has 0 N–H and O–H groups in total. The smallest absolute Gasteiger partial charge is 0.0669 e. The molecule has 1 aromatic rings. The van der Waals surface area contributed by atoms with E-state index in [1.54, 1.807) is 0 Å². The van der Waals surface area contributed by atoms with Gasteiger partial charge in [0, 0.05) is 0 Å². The summed E-state index contributed by atoms with van der Waals surface area (Å²) in [5.41, 5.74) is 3.71. The maximum atomic E-state index is 8.58. The summed E-state index contributed by atoms with van der Waals surface area (Å²) < 4.78 is 0. The van der Waals surface area contributed by atoms with Crippen LogP contribution in [0.15, 0.2) is 18.2 Å². The van der Waals surface area contributed by atoms with Gasteiger partial charge < -0.3 is 0 Å². The Bertz CT molecular complexity index is 307. The minimum absolute atomic E-state index is 0.533. The molecule has 0 aromatic heterocycles. The average Bonchev–Trinajstić information content (AvgIpc) is 2.05. The van der Waals surface area contributed by atoms with Crippen LogP contribution in [0.5, 0.6) is 0 Å². The zero-order valence-corrected chi connectivity index (χ0v) is 7.59. The third kappa shape index (κ3) is 1.85. The molecule has 1 aromatic carbocycles. The van der Waals surface area contributed by atoms with E-state index in [2.05, 4.69) is 38.1 Å². The van der Waals surface area contributed by atoms with E-state index in [-0.39, 0.29) is 0 Å². The molecule has 0 aliphatic heterocycles. The molecule has 0 amide bonds. The van der Waals surface area contributed by atoms with Gasteiger partial charge in [-0.2, -0.15) is 5.26 Å². The Morgan fingerprint density at radius 3 is 2.67 bits per heavy atom. The van der Waals surface area contributed by atoms with Gasteiger partial charge in [0.05, 0.1) is 12.5 Å². The SMILES string of the molecule is CCc1ccc(C)cc1CC#N. The third-order valence-electron chi connectivity index (χ3n) is 2.01. The fourth-order valence-corrected chi connectivity index (χ4v) is 1.35. The summed E-state index contributed by atoms with van der Waals surface area (Å²) in [6, 6.07) is 8.50. The van der Waals surface area contributed by atoms with Crippen LogP contribution < -0.4 is 0 Å². The van der Waals surface area contributed by atoms with E-state index in [1.165, 1.54) is 16.7 Å². The van der Waals surface area contributed by atoms with Crippen LogP contribution in [0.4, 0.5) is 0 Å². The van der Waals surface area contributed by atoms with Gasteiger partial charge in [0.25, 0.3) is 0 Å². The van der Waals surface area contributed by atoms with E-state index in [1.807, 2.05) is 0 Å². The number of rotatable bonds is 2. The van der Waals surface area contributed by atoms with Crippen LogP contribution in [-0.4, -0.2) is 0 Å². The second kappa shape index (κ2) is 3.92. The summed E-state index contributed by atoms with van der Waals surface area (Å²) in [4.78, 5) is 0. The largest absolute Gasteiger partial charge is 0.198 e. The number of hydrogen-bond donors (Lipinski definition) is 0. The van der Waals surface area contributed by atoms with E-state index in [0.717, 1.165) is 6.42 Å². The lowest BCUT2D eigenvalue weighted by Crippen LogP contribution is -1.91. The van der Waals surface area contributed by atoms with E-state index in [0.29, 0.717) is 6.42 Å². The molecule has 12 heavy (non-hydrogen) atoms. The van der Waals surface area contributed by atoms with Crippen LogP contribution in [0.1, 0.15) is 23.6 Å². The van der Waals surface area contributed by atoms with Gasteiger partial charge in [-0.1, -0.05) is 30.7 Å². The van der Waals surface area contributed by atoms with Crippen molar-refractivity contribution in [1.82, 2.24) is 0 Å². The Hall–Kier alpha value is -1.29. The number of hydrogen-bond acceptors (Lipinski definition) is 1. The molecule has 0 fully saturated rings. The van der Waals surface area contributed by atoms with Crippen LogP contribution in [0.2, 0.25) is 0 Å². The first-order valence-corrected chi connectivity index (χ1v) is 4.23. The first-order chi connectivity index (χ1) is 5.77. The average molecular weight is 159 g/mol. The van der Waals surface area contributed by atoms with Crippen molar-refractivity contribution in [2.75, 3.05) is 0 Å². The van der Waals surface area contributed by atoms with Gasteiger partial charge in [0.15, 0.2) is 0 Å². The lowest BCUT2D eigenvalue weighted by atomic mass is 10.0. The number of aryl methyl sites for hydroxylation is 2. The number of benzene rings is 1. The van der Waals surface area contributed by atoms with Gasteiger partial charge in [-0.3, -0.25) is 0 Å². The van der Waals surface area contributed by atoms with E-state index >= 15 is 0 Å². The fourth-order valence-electron chi connectivity index (χ4n) is 1.35. The molecular weight excluding hydrogens is 146 g/mol. The van der Waals surface area contributed by atoms with Crippen molar-refractivity contribution in [1.29, 1.82) is 5.26 Å². The molecule has 0 saturated heterocycles. The molecule has 0 radical (unpaired) electrons. The second-order valence-electron chi connectivity index (χ2n) is 2.96. The Morgan fingerprint density at radius 1 is 1.33 bits per heavy atom. The van der Waals surface area contributed by atoms with Crippen LogP contribution >= 0.6 is 0 Å². The standard InChI is InChI=1S/C11H13N/c1-3-10-5-4-9(2)8-11(10)6-7-12/h4-5,8H,3,6H2,1-2H3. The second-order valence-corrected chi connectivity index (χ2v) is 2.96. The van der Waals surface area contributed by atoms with Crippen molar-refractivity contribution in [3.63, 3.8) is 0 Å². The molecule has 0 heterocycles. The van der Waals surface area contributed by atoms with Crippen LogP contribution in [-0.2, 0) is 12.8 Å². The minimum atomic E-state index is 0.533. The monoisotopic (exact) mass is 159 g/mol. The predicted molar refractivity (Wildman–Crippen MR) is 49.9 cm³/mol. The molecule has 1 nitrogen and oxygen atoms in total. The molecule has 0 aliphatic rings. The summed E-state index contributed by atoms with van der Waals surface area (Å²) in [6.45, 7) is 4.17. The normalized spacial score (nSPS) is 9.42. The maximum Gasteiger partial charge on any atom is 0.0669 e. The van der Waals surface area contributed by atoms with Crippen molar-refractivity contribution in [3.05, 3.63) is 34.9 Å². The van der Waals surface area contributed by atoms with Crippen molar-refractivity contribution in [2.45, 2.75) is 26.7 Å². The molecule has 1 rings (SSSR count). The summed E-state index contributed by atoms with van der Waals surface area (Å²) in [5, 5.41) is 8.58. The Morgan fingerprint density at radius 2 is 2.08 bits per heavy atom. The van der Waals surface area contributed by atoms with Crippen LogP contribution in [0, 0.1) is 18.3 Å². The quantitative estimate of drug-likeness (QED) is 0.650. The van der Waals surface area contributed by atoms with Crippen LogP contribution in [0.25, 0.3) is 0 Å². The maximum absolute atomic E-state index is 8.58. The molecule has 0 atom stereocenters. The molecule has 0 bridgehead atoms. The van der Waals surface area contributed by atoms with E-state index in [9.17, 15) is 0 Å². The number of nitrogens with zero attached hydrogens (tertiary/aromatic N) is 1. The Labute approximate surface area is 73.6 Å². The molecule has 0 unspecified atom stereocenters. The predicted octanol–water partition coefficient (Wildman–Crippen LogP) is 2.62. The van der Waals surface area contributed by atoms with Crippen molar-refractivity contribution in [2.24, 2.45) is 0 Å². The lowest BCUT2D eigenvalue weighted by Gasteiger charge is -2.04. The van der Waals surface area contributed by atoms with Gasteiger partial charge in [-0.05, 0) is 24.5 Å². The van der Waals surface area contributed by atoms with Gasteiger partial charge >= 0.3 is 0 Å². The highest BCUT2D eigenvalue weighted by Crippen LogP contribution is 2.12. The minimum Gasteiger partial charge on any atom is -0.198 e. The molecule has 0 aliphatic carbocycles. The Balaban J connectivity index is 3.05. The molecule has 0 saturated carbocycles. The highest BCUT2D eigenvalue weighted by molar-refractivity contribution is 5.33. The fraction of sp³-hybridized carbons (Fsp3) is 0.364. The molecular formula is C11H13N. The van der Waals surface area contributed by atoms with E-state index in [4.69, 9.17) is 5.26 Å². The van der Waals surface area contributed by atoms with E-state index < -0.39 is 0 Å². The molecule has 0 spiro atoms. The lowest BCUT2D eigenvalue weighted by molar-refractivity contribution is 1.07. The first kappa shape index (κ1) is 8.80. The molecule has 62 valence electrons. The Kier molecular flexibility index (Phi) is 2.88. The van der Waals surface area contributed by atoms with Crippen molar-refractivity contribution < 1.29 is 0 Å². The molecule has 1 heteroatoms. The summed E-state index contributed by atoms with van der Waals surface area (Å²) in [6.07, 6.45) is 1.54. The summed E-state index contributed by atoms with van der Waals surface area (Å²) >= 11 is 0. The van der Waals surface area contributed by atoms with Gasteiger partial charge in [0.2, 0.25) is 0 Å². The zero-order valence-electron chi connectivity index (χ0n) is 7.59. The van der Waals surface area contributed by atoms with Gasteiger partial charge in [0.1, 0.15) is 0 Å². The highest BCUT2D eigenvalue weighted by Gasteiger charge is 1.99. The van der Waals surface area contributed by atoms with Crippen molar-refractivity contribution in [3.8, 4) is 6.07 Å². The zero-order chi connectivity index (χ0) is 8.97. The summed E-state index contributed by atoms with van der Waals surface area (Å²) in [5.74, 6) is 0. The third-order valence-corrected chi connectivity index (χ3v) is 2.01. The topological polar surface area (TPSA) is 23.8 Å². The van der Waals surface area contributed by atoms with Gasteiger partial charge in [-0.25, -0.2) is 0 Å². The first-order valence-electron chi connectivity index (χ1n) is 4.23. The van der Waals surface area contributed by atoms with Crippen molar-refractivity contribution >= 4 is 0 Å². The van der Waals surface area contributed by atoms with Crippen LogP contribution in [0.3, 0.4) is 0 Å². The number of nitriles is 1. The van der Waals surface area contributed by atoms with Gasteiger partial charge in [-0.15, -0.1) is 0 Å².